The monoisotopic (exact) mass is 186 g/mol. The molecular weight excluding hydrogens is 168 g/mol. The van der Waals surface area contributed by atoms with Gasteiger partial charge < -0.3 is 5.11 Å². The SMILES string of the molecule is OCC=CCCCC1CCSC1. The number of aliphatic hydroxyl groups excluding tert-OH is 1. The topological polar surface area (TPSA) is 20.2 Å². The van der Waals surface area contributed by atoms with Crippen LogP contribution in [0.3, 0.4) is 0 Å². The molecule has 1 atom stereocenters. The highest BCUT2D eigenvalue weighted by Gasteiger charge is 2.13. The molecule has 0 amide bonds. The van der Waals surface area contributed by atoms with E-state index < -0.39 is 0 Å². The Morgan fingerprint density at radius 3 is 3.00 bits per heavy atom. The zero-order valence-corrected chi connectivity index (χ0v) is 8.35. The van der Waals surface area contributed by atoms with Gasteiger partial charge in [0.05, 0.1) is 6.61 Å². The van der Waals surface area contributed by atoms with Crippen LogP contribution in [-0.2, 0) is 0 Å². The van der Waals surface area contributed by atoms with Crippen molar-refractivity contribution in [2.24, 2.45) is 5.92 Å². The molecule has 12 heavy (non-hydrogen) atoms. The van der Waals surface area contributed by atoms with Crippen LogP contribution in [0.2, 0.25) is 0 Å². The van der Waals surface area contributed by atoms with Gasteiger partial charge in [-0.05, 0) is 43.1 Å². The third-order valence-corrected chi connectivity index (χ3v) is 3.51. The highest BCUT2D eigenvalue weighted by atomic mass is 32.2. The summed E-state index contributed by atoms with van der Waals surface area (Å²) in [6.07, 6.45) is 9.16. The van der Waals surface area contributed by atoms with Gasteiger partial charge in [-0.3, -0.25) is 0 Å². The summed E-state index contributed by atoms with van der Waals surface area (Å²) in [6, 6.07) is 0. The Bertz CT molecular complexity index is 128. The molecule has 0 aromatic rings. The van der Waals surface area contributed by atoms with Gasteiger partial charge in [0.2, 0.25) is 0 Å². The predicted octanol–water partition coefficient (Wildman–Crippen LogP) is 2.46. The lowest BCUT2D eigenvalue weighted by molar-refractivity contribution is 0.342. The fourth-order valence-electron chi connectivity index (χ4n) is 1.53. The molecule has 1 saturated heterocycles. The second-order valence-corrected chi connectivity index (χ2v) is 4.46. The van der Waals surface area contributed by atoms with Gasteiger partial charge in [0.25, 0.3) is 0 Å². The Morgan fingerprint density at radius 1 is 1.42 bits per heavy atom. The van der Waals surface area contributed by atoms with Crippen molar-refractivity contribution in [3.63, 3.8) is 0 Å². The van der Waals surface area contributed by atoms with Crippen LogP contribution in [0.15, 0.2) is 12.2 Å². The van der Waals surface area contributed by atoms with Gasteiger partial charge in [0, 0.05) is 0 Å². The van der Waals surface area contributed by atoms with Crippen LogP contribution in [0.5, 0.6) is 0 Å². The van der Waals surface area contributed by atoms with Crippen molar-refractivity contribution in [2.45, 2.75) is 25.7 Å². The number of thioether (sulfide) groups is 1. The summed E-state index contributed by atoms with van der Waals surface area (Å²) in [5.74, 6) is 3.73. The van der Waals surface area contributed by atoms with E-state index in [0.717, 1.165) is 12.3 Å². The van der Waals surface area contributed by atoms with Gasteiger partial charge in [0.1, 0.15) is 0 Å². The van der Waals surface area contributed by atoms with Crippen LogP contribution in [-0.4, -0.2) is 23.2 Å². The number of aliphatic hydroxyl groups is 1. The summed E-state index contributed by atoms with van der Waals surface area (Å²) in [4.78, 5) is 0. The average molecular weight is 186 g/mol. The van der Waals surface area contributed by atoms with E-state index in [4.69, 9.17) is 5.11 Å². The Hall–Kier alpha value is 0.0500. The van der Waals surface area contributed by atoms with Crippen LogP contribution >= 0.6 is 11.8 Å². The van der Waals surface area contributed by atoms with E-state index >= 15 is 0 Å². The van der Waals surface area contributed by atoms with E-state index in [2.05, 4.69) is 17.8 Å². The molecule has 0 aromatic carbocycles. The zero-order chi connectivity index (χ0) is 8.65. The average Bonchev–Trinajstić information content (AvgIpc) is 2.57. The van der Waals surface area contributed by atoms with E-state index in [1.807, 2.05) is 6.08 Å². The first-order valence-corrected chi connectivity index (χ1v) is 5.92. The van der Waals surface area contributed by atoms with Crippen molar-refractivity contribution < 1.29 is 5.11 Å². The Labute approximate surface area is 79.2 Å². The third kappa shape index (κ3) is 4.17. The summed E-state index contributed by atoms with van der Waals surface area (Å²) in [5, 5.41) is 8.49. The summed E-state index contributed by atoms with van der Waals surface area (Å²) in [5.41, 5.74) is 0. The first-order valence-electron chi connectivity index (χ1n) is 4.77. The molecule has 0 aliphatic carbocycles. The van der Waals surface area contributed by atoms with Crippen molar-refractivity contribution >= 4 is 11.8 Å². The van der Waals surface area contributed by atoms with Crippen LogP contribution in [0, 0.1) is 5.92 Å². The Morgan fingerprint density at radius 2 is 2.33 bits per heavy atom. The maximum Gasteiger partial charge on any atom is 0.0612 e. The molecule has 2 heteroatoms. The molecule has 0 bridgehead atoms. The molecule has 0 aromatic heterocycles. The van der Waals surface area contributed by atoms with Crippen LogP contribution in [0.1, 0.15) is 25.7 Å². The summed E-state index contributed by atoms with van der Waals surface area (Å²) in [6.45, 7) is 0.194. The minimum atomic E-state index is 0.194. The molecule has 0 spiro atoms. The smallest absolute Gasteiger partial charge is 0.0612 e. The van der Waals surface area contributed by atoms with Gasteiger partial charge >= 0.3 is 0 Å². The molecule has 1 rings (SSSR count). The minimum absolute atomic E-state index is 0.194. The lowest BCUT2D eigenvalue weighted by Crippen LogP contribution is -1.96. The maximum absolute atomic E-state index is 8.49. The minimum Gasteiger partial charge on any atom is -0.392 e. The molecular formula is C10H18OS. The molecule has 1 fully saturated rings. The molecule has 1 N–H and O–H groups in total. The van der Waals surface area contributed by atoms with Crippen molar-refractivity contribution in [3.8, 4) is 0 Å². The number of hydrogen-bond donors (Lipinski definition) is 1. The predicted molar refractivity (Wildman–Crippen MR) is 55.5 cm³/mol. The first kappa shape index (κ1) is 10.1. The number of hydrogen-bond acceptors (Lipinski definition) is 2. The Kier molecular flexibility index (Phi) is 5.53. The maximum atomic E-state index is 8.49. The molecule has 0 radical (unpaired) electrons. The van der Waals surface area contributed by atoms with Gasteiger partial charge in [-0.15, -0.1) is 0 Å². The van der Waals surface area contributed by atoms with E-state index in [0.29, 0.717) is 0 Å². The molecule has 0 saturated carbocycles. The lowest BCUT2D eigenvalue weighted by Gasteiger charge is -2.04. The second kappa shape index (κ2) is 6.55. The fourth-order valence-corrected chi connectivity index (χ4v) is 2.86. The Balaban J connectivity index is 1.91. The summed E-state index contributed by atoms with van der Waals surface area (Å²) >= 11 is 2.09. The normalized spacial score (nSPS) is 23.9. The lowest BCUT2D eigenvalue weighted by atomic mass is 10.0. The quantitative estimate of drug-likeness (QED) is 0.526. The van der Waals surface area contributed by atoms with Crippen molar-refractivity contribution in [1.82, 2.24) is 0 Å². The van der Waals surface area contributed by atoms with Gasteiger partial charge in [-0.2, -0.15) is 11.8 Å². The van der Waals surface area contributed by atoms with Crippen molar-refractivity contribution in [1.29, 1.82) is 0 Å². The second-order valence-electron chi connectivity index (χ2n) is 3.31. The highest BCUT2D eigenvalue weighted by molar-refractivity contribution is 7.99. The molecule has 1 heterocycles. The van der Waals surface area contributed by atoms with Crippen LogP contribution < -0.4 is 0 Å². The van der Waals surface area contributed by atoms with Crippen LogP contribution in [0.25, 0.3) is 0 Å². The number of unbranched alkanes of at least 4 members (excludes halogenated alkanes) is 1. The standard InChI is InChI=1S/C10H18OS/c11-7-4-2-1-3-5-10-6-8-12-9-10/h2,4,10-11H,1,3,5-9H2. The zero-order valence-electron chi connectivity index (χ0n) is 7.54. The van der Waals surface area contributed by atoms with Gasteiger partial charge in [-0.1, -0.05) is 12.2 Å². The molecule has 70 valence electrons. The first-order chi connectivity index (χ1) is 5.93. The van der Waals surface area contributed by atoms with E-state index in [1.54, 1.807) is 0 Å². The van der Waals surface area contributed by atoms with E-state index in [9.17, 15) is 0 Å². The summed E-state index contributed by atoms with van der Waals surface area (Å²) in [7, 11) is 0. The molecule has 1 aliphatic heterocycles. The van der Waals surface area contributed by atoms with Gasteiger partial charge in [-0.25, -0.2) is 0 Å². The molecule has 1 aliphatic rings. The number of rotatable bonds is 5. The summed E-state index contributed by atoms with van der Waals surface area (Å²) < 4.78 is 0. The number of allylic oxidation sites excluding steroid dienone is 1. The molecule has 1 unspecified atom stereocenters. The third-order valence-electron chi connectivity index (χ3n) is 2.28. The fraction of sp³-hybridized carbons (Fsp3) is 0.800. The van der Waals surface area contributed by atoms with Crippen LogP contribution in [0.4, 0.5) is 0 Å². The van der Waals surface area contributed by atoms with E-state index in [-0.39, 0.29) is 6.61 Å². The largest absolute Gasteiger partial charge is 0.392 e. The highest BCUT2D eigenvalue weighted by Crippen LogP contribution is 2.27. The van der Waals surface area contributed by atoms with E-state index in [1.165, 1.54) is 30.8 Å². The van der Waals surface area contributed by atoms with Crippen molar-refractivity contribution in [3.05, 3.63) is 12.2 Å². The van der Waals surface area contributed by atoms with Crippen molar-refractivity contribution in [2.75, 3.05) is 18.1 Å². The molecule has 1 nitrogen and oxygen atoms in total. The van der Waals surface area contributed by atoms with Gasteiger partial charge in [0.15, 0.2) is 0 Å².